The molecule has 0 heterocycles. The second-order valence-corrected chi connectivity index (χ2v) is 8.43. The molecule has 0 aromatic rings. The quantitative estimate of drug-likeness (QED) is 0.746. The van der Waals surface area contributed by atoms with Gasteiger partial charge in [-0.3, -0.25) is 9.69 Å². The van der Waals surface area contributed by atoms with Crippen LogP contribution in [0.15, 0.2) is 0 Å². The first-order valence-electron chi connectivity index (χ1n) is 9.83. The van der Waals surface area contributed by atoms with Gasteiger partial charge in [-0.1, -0.05) is 19.3 Å². The van der Waals surface area contributed by atoms with Gasteiger partial charge in [0.05, 0.1) is 6.54 Å². The summed E-state index contributed by atoms with van der Waals surface area (Å²) >= 11 is 0. The molecule has 22 heavy (non-hydrogen) atoms. The van der Waals surface area contributed by atoms with Gasteiger partial charge in [0.15, 0.2) is 0 Å². The van der Waals surface area contributed by atoms with Gasteiger partial charge in [-0.15, -0.1) is 0 Å². The van der Waals surface area contributed by atoms with Crippen LogP contribution in [0.4, 0.5) is 0 Å². The van der Waals surface area contributed by atoms with E-state index in [0.29, 0.717) is 24.5 Å². The molecule has 0 saturated heterocycles. The van der Waals surface area contributed by atoms with Gasteiger partial charge in [-0.05, 0) is 69.1 Å². The van der Waals surface area contributed by atoms with Crippen LogP contribution in [-0.4, -0.2) is 36.0 Å². The molecule has 0 bridgehead atoms. The normalized spacial score (nSPS) is 26.6. The highest BCUT2D eigenvalue weighted by Gasteiger charge is 2.42. The molecule has 0 atom stereocenters. The van der Waals surface area contributed by atoms with Gasteiger partial charge in [0.1, 0.15) is 0 Å². The van der Waals surface area contributed by atoms with E-state index in [9.17, 15) is 4.79 Å². The maximum absolute atomic E-state index is 12.5. The van der Waals surface area contributed by atoms with E-state index in [0.717, 1.165) is 17.8 Å². The number of carbonyl (C=O) groups is 1. The lowest BCUT2D eigenvalue weighted by Crippen LogP contribution is -2.45. The molecule has 4 saturated carbocycles. The van der Waals surface area contributed by atoms with Crippen molar-refractivity contribution in [2.75, 3.05) is 13.1 Å². The third-order valence-electron chi connectivity index (χ3n) is 6.21. The maximum atomic E-state index is 12.5. The van der Waals surface area contributed by atoms with Crippen molar-refractivity contribution in [1.82, 2.24) is 10.2 Å². The lowest BCUT2D eigenvalue weighted by atomic mass is 9.89. The Morgan fingerprint density at radius 2 is 1.55 bits per heavy atom. The molecule has 0 unspecified atom stereocenters. The first-order chi connectivity index (χ1) is 10.8. The number of amides is 1. The van der Waals surface area contributed by atoms with Crippen LogP contribution in [0.2, 0.25) is 0 Å². The van der Waals surface area contributed by atoms with E-state index in [1.165, 1.54) is 77.2 Å². The third-order valence-corrected chi connectivity index (χ3v) is 6.21. The van der Waals surface area contributed by atoms with Crippen molar-refractivity contribution in [1.29, 1.82) is 0 Å². The predicted octanol–water partition coefficient (Wildman–Crippen LogP) is 3.34. The molecule has 0 aromatic heterocycles. The number of hydrogen-bond donors (Lipinski definition) is 1. The zero-order valence-electron chi connectivity index (χ0n) is 13.9. The van der Waals surface area contributed by atoms with Crippen LogP contribution < -0.4 is 5.32 Å². The lowest BCUT2D eigenvalue weighted by molar-refractivity contribution is -0.123. The van der Waals surface area contributed by atoms with Crippen molar-refractivity contribution in [3.05, 3.63) is 0 Å². The summed E-state index contributed by atoms with van der Waals surface area (Å²) in [5, 5.41) is 3.41. The molecular weight excluding hydrogens is 272 g/mol. The Kier molecular flexibility index (Phi) is 4.43. The SMILES string of the molecule is O=C(CN(CC1CCCCC1)C1CC1)NC(C1CC1)C1CC1. The summed E-state index contributed by atoms with van der Waals surface area (Å²) in [6, 6.07) is 1.23. The molecule has 4 aliphatic carbocycles. The van der Waals surface area contributed by atoms with Gasteiger partial charge in [-0.25, -0.2) is 0 Å². The molecule has 3 nitrogen and oxygen atoms in total. The number of nitrogens with zero attached hydrogens (tertiary/aromatic N) is 1. The van der Waals surface area contributed by atoms with E-state index in [1.54, 1.807) is 0 Å². The molecule has 4 fully saturated rings. The van der Waals surface area contributed by atoms with Crippen LogP contribution >= 0.6 is 0 Å². The van der Waals surface area contributed by atoms with Crippen LogP contribution in [0.1, 0.15) is 70.6 Å². The van der Waals surface area contributed by atoms with Gasteiger partial charge in [-0.2, -0.15) is 0 Å². The van der Waals surface area contributed by atoms with E-state index in [-0.39, 0.29) is 0 Å². The minimum absolute atomic E-state index is 0.312. The van der Waals surface area contributed by atoms with Crippen LogP contribution in [0.5, 0.6) is 0 Å². The molecule has 0 aromatic carbocycles. The fourth-order valence-electron chi connectivity index (χ4n) is 4.43. The van der Waals surface area contributed by atoms with Gasteiger partial charge >= 0.3 is 0 Å². The summed E-state index contributed by atoms with van der Waals surface area (Å²) in [4.78, 5) is 15.1. The van der Waals surface area contributed by atoms with Gasteiger partial charge in [0, 0.05) is 18.6 Å². The largest absolute Gasteiger partial charge is 0.352 e. The van der Waals surface area contributed by atoms with Crippen molar-refractivity contribution in [2.24, 2.45) is 17.8 Å². The zero-order chi connectivity index (χ0) is 14.9. The molecular formula is C19H32N2O. The Bertz CT molecular complexity index is 380. The second kappa shape index (κ2) is 6.51. The predicted molar refractivity (Wildman–Crippen MR) is 88.5 cm³/mol. The molecule has 4 rings (SSSR count). The number of rotatable bonds is 8. The standard InChI is InChI=1S/C19H32N2O/c22-18(20-19(15-6-7-15)16-8-9-16)13-21(17-10-11-17)12-14-4-2-1-3-5-14/h14-17,19H,1-13H2,(H,20,22). The summed E-state index contributed by atoms with van der Waals surface area (Å²) in [6.45, 7) is 1.84. The highest BCUT2D eigenvalue weighted by atomic mass is 16.2. The van der Waals surface area contributed by atoms with E-state index >= 15 is 0 Å². The maximum Gasteiger partial charge on any atom is 0.234 e. The minimum Gasteiger partial charge on any atom is -0.352 e. The second-order valence-electron chi connectivity index (χ2n) is 8.43. The van der Waals surface area contributed by atoms with Crippen molar-refractivity contribution in [2.45, 2.75) is 82.7 Å². The topological polar surface area (TPSA) is 32.3 Å². The van der Waals surface area contributed by atoms with E-state index in [1.807, 2.05) is 0 Å². The Morgan fingerprint density at radius 3 is 2.09 bits per heavy atom. The van der Waals surface area contributed by atoms with Crippen molar-refractivity contribution < 1.29 is 4.79 Å². The Balaban J connectivity index is 1.27. The van der Waals surface area contributed by atoms with Gasteiger partial charge < -0.3 is 5.32 Å². The molecule has 3 heteroatoms. The Labute approximate surface area is 135 Å². The fraction of sp³-hybridized carbons (Fsp3) is 0.947. The van der Waals surface area contributed by atoms with Crippen molar-refractivity contribution >= 4 is 5.91 Å². The van der Waals surface area contributed by atoms with Crippen LogP contribution in [-0.2, 0) is 4.79 Å². The van der Waals surface area contributed by atoms with Crippen molar-refractivity contribution in [3.63, 3.8) is 0 Å². The van der Waals surface area contributed by atoms with Crippen molar-refractivity contribution in [3.8, 4) is 0 Å². The fourth-order valence-corrected chi connectivity index (χ4v) is 4.43. The minimum atomic E-state index is 0.312. The average Bonchev–Trinajstić information content (AvgIpc) is 3.42. The average molecular weight is 304 g/mol. The lowest BCUT2D eigenvalue weighted by Gasteiger charge is -2.30. The smallest absolute Gasteiger partial charge is 0.234 e. The van der Waals surface area contributed by atoms with Gasteiger partial charge in [0.25, 0.3) is 0 Å². The van der Waals surface area contributed by atoms with E-state index < -0.39 is 0 Å². The van der Waals surface area contributed by atoms with Gasteiger partial charge in [0.2, 0.25) is 5.91 Å². The molecule has 1 N–H and O–H groups in total. The molecule has 1 amide bonds. The molecule has 0 radical (unpaired) electrons. The summed E-state index contributed by atoms with van der Waals surface area (Å²) in [5.41, 5.74) is 0. The summed E-state index contributed by atoms with van der Waals surface area (Å²) in [7, 11) is 0. The summed E-state index contributed by atoms with van der Waals surface area (Å²) in [6.07, 6.45) is 15.0. The van der Waals surface area contributed by atoms with Crippen LogP contribution in [0, 0.1) is 17.8 Å². The van der Waals surface area contributed by atoms with Crippen LogP contribution in [0.3, 0.4) is 0 Å². The summed E-state index contributed by atoms with van der Waals surface area (Å²) in [5.74, 6) is 2.78. The molecule has 4 aliphatic rings. The Morgan fingerprint density at radius 1 is 0.909 bits per heavy atom. The number of carbonyl (C=O) groups excluding carboxylic acids is 1. The molecule has 124 valence electrons. The zero-order valence-corrected chi connectivity index (χ0v) is 13.9. The summed E-state index contributed by atoms with van der Waals surface area (Å²) < 4.78 is 0. The first kappa shape index (κ1) is 15.0. The third kappa shape index (κ3) is 4.04. The van der Waals surface area contributed by atoms with Crippen LogP contribution in [0.25, 0.3) is 0 Å². The number of hydrogen-bond acceptors (Lipinski definition) is 2. The Hall–Kier alpha value is -0.570. The van der Waals surface area contributed by atoms with E-state index in [2.05, 4.69) is 10.2 Å². The highest BCUT2D eigenvalue weighted by molar-refractivity contribution is 5.78. The van der Waals surface area contributed by atoms with E-state index in [4.69, 9.17) is 0 Å². The first-order valence-corrected chi connectivity index (χ1v) is 9.83. The number of nitrogens with one attached hydrogen (secondary N) is 1. The molecule has 0 spiro atoms. The molecule has 0 aliphatic heterocycles. The monoisotopic (exact) mass is 304 g/mol. The highest BCUT2D eigenvalue weighted by Crippen LogP contribution is 2.44.